The molecule has 6 fully saturated rings. The number of benzene rings is 2. The molecule has 2 aromatic rings. The Balaban J connectivity index is 0.000000182. The van der Waals surface area contributed by atoms with Gasteiger partial charge < -0.3 is 34.1 Å². The first-order valence-electron chi connectivity index (χ1n) is 21.6. The lowest BCUT2D eigenvalue weighted by Gasteiger charge is -2.35. The molecule has 6 aliphatic heterocycles. The first-order chi connectivity index (χ1) is 28.4. The van der Waals surface area contributed by atoms with E-state index in [4.69, 9.17) is 10.00 Å². The van der Waals surface area contributed by atoms with Crippen LogP contribution in [0.15, 0.2) is 48.5 Å². The van der Waals surface area contributed by atoms with Crippen LogP contribution in [0.4, 0.5) is 27.5 Å². The molecule has 0 unspecified atom stereocenters. The molecular weight excluding hydrogens is 803 g/mol. The Labute approximate surface area is 358 Å². The molecule has 0 saturated carbocycles. The molecule has 6 saturated heterocycles. The predicted octanol–water partition coefficient (Wildman–Crippen LogP) is 3.51. The van der Waals surface area contributed by atoms with E-state index in [0.29, 0.717) is 57.5 Å². The molecule has 0 aliphatic carbocycles. The lowest BCUT2D eigenvalue weighted by Crippen LogP contribution is -2.48. The molecule has 0 bridgehead atoms. The standard InChI is InChI=1S/C22H34N4O4S.C21H31N5O2S/c1-22(2,3)30-21(27)25-15-17-13-24(14-18(17)16-25)20-7-5-19(6-8-20)23-9-11-26(12-10-23)31(4,28)29;1-29(27,28)26-12-10-24(11-13-26)20-4-6-21(7-5-20)25-16-18-14-23(9-3-2-8-22)15-19(18)17-25/h5-8,17-18H,9-16H2,1-4H3;4-7,18-19H,2-3,9-17H2,1H3/t17-,18+;18-,19+. The molecule has 2 aromatic carbocycles. The van der Waals surface area contributed by atoms with Gasteiger partial charge in [0.25, 0.3) is 0 Å². The lowest BCUT2D eigenvalue weighted by atomic mass is 10.0. The molecule has 6 heterocycles. The fourth-order valence-electron chi connectivity index (χ4n) is 9.85. The van der Waals surface area contributed by atoms with E-state index in [9.17, 15) is 21.6 Å². The molecule has 1 amide bonds. The van der Waals surface area contributed by atoms with Crippen LogP contribution in [0.3, 0.4) is 0 Å². The Morgan fingerprint density at radius 2 is 0.950 bits per heavy atom. The molecule has 6 aliphatic rings. The topological polar surface area (TPSA) is 144 Å². The zero-order valence-corrected chi connectivity index (χ0v) is 37.8. The van der Waals surface area contributed by atoms with Crippen molar-refractivity contribution in [1.29, 1.82) is 5.26 Å². The van der Waals surface area contributed by atoms with Crippen LogP contribution < -0.4 is 19.6 Å². The van der Waals surface area contributed by atoms with Gasteiger partial charge in [-0.3, -0.25) is 0 Å². The third kappa shape index (κ3) is 11.0. The van der Waals surface area contributed by atoms with Crippen LogP contribution in [-0.2, 0) is 24.8 Å². The van der Waals surface area contributed by atoms with Crippen molar-refractivity contribution in [2.24, 2.45) is 23.7 Å². The first-order valence-corrected chi connectivity index (χ1v) is 25.3. The number of nitriles is 1. The molecule has 330 valence electrons. The number of rotatable bonds is 9. The molecule has 15 nitrogen and oxygen atoms in total. The quantitative estimate of drug-likeness (QED) is 0.341. The Morgan fingerprint density at radius 3 is 1.28 bits per heavy atom. The summed E-state index contributed by atoms with van der Waals surface area (Å²) >= 11 is 0. The summed E-state index contributed by atoms with van der Waals surface area (Å²) in [7, 11) is -6.19. The third-order valence-electron chi connectivity index (χ3n) is 13.0. The number of amides is 1. The molecule has 4 atom stereocenters. The summed E-state index contributed by atoms with van der Waals surface area (Å²) in [4.78, 5) is 26.2. The molecule has 0 spiro atoms. The largest absolute Gasteiger partial charge is 0.444 e. The maximum Gasteiger partial charge on any atom is 0.410 e. The van der Waals surface area contributed by atoms with E-state index < -0.39 is 25.6 Å². The van der Waals surface area contributed by atoms with Crippen LogP contribution in [0.1, 0.15) is 33.6 Å². The summed E-state index contributed by atoms with van der Waals surface area (Å²) in [5.41, 5.74) is 4.34. The smallest absolute Gasteiger partial charge is 0.410 e. The highest BCUT2D eigenvalue weighted by molar-refractivity contribution is 7.88. The summed E-state index contributed by atoms with van der Waals surface area (Å²) in [6, 6.07) is 19.6. The number of nitrogens with zero attached hydrogens (tertiary/aromatic N) is 9. The molecule has 0 aromatic heterocycles. The number of fused-ring (bicyclic) bond motifs is 2. The lowest BCUT2D eigenvalue weighted by molar-refractivity contribution is 0.0282. The Hall–Kier alpha value is -3.82. The van der Waals surface area contributed by atoms with Crippen LogP contribution in [0.5, 0.6) is 0 Å². The normalized spacial score (nSPS) is 25.5. The van der Waals surface area contributed by atoms with E-state index in [1.807, 2.05) is 25.7 Å². The number of ether oxygens (including phenoxy) is 1. The SMILES string of the molecule is CC(C)(C)OC(=O)N1C[C@@H]2CN(c3ccc(N4CCN(S(C)(=O)=O)CC4)cc3)C[C@@H]2C1.CS(=O)(=O)N1CCN(c2ccc(N3C[C@H]4CN(CCCC#N)C[C@H]4C3)cc2)CC1. The number of carbonyl (C=O) groups excluding carboxylic acids is 1. The van der Waals surface area contributed by atoms with Gasteiger partial charge >= 0.3 is 6.09 Å². The van der Waals surface area contributed by atoms with Crippen molar-refractivity contribution in [2.75, 3.05) is 143 Å². The van der Waals surface area contributed by atoms with E-state index in [2.05, 4.69) is 79.1 Å². The van der Waals surface area contributed by atoms with E-state index in [-0.39, 0.29) is 6.09 Å². The number of likely N-dealkylation sites (tertiary alicyclic amines) is 2. The van der Waals surface area contributed by atoms with Crippen molar-refractivity contribution in [3.05, 3.63) is 48.5 Å². The average molecular weight is 868 g/mol. The second kappa shape index (κ2) is 18.3. The molecular formula is C43H65N9O6S2. The number of hydrogen-bond donors (Lipinski definition) is 0. The van der Waals surface area contributed by atoms with E-state index in [1.54, 1.807) is 8.61 Å². The van der Waals surface area contributed by atoms with Crippen LogP contribution >= 0.6 is 0 Å². The summed E-state index contributed by atoms with van der Waals surface area (Å²) in [5.74, 6) is 2.44. The summed E-state index contributed by atoms with van der Waals surface area (Å²) in [6.07, 6.45) is 4.01. The molecule has 60 heavy (non-hydrogen) atoms. The van der Waals surface area contributed by atoms with Crippen molar-refractivity contribution in [2.45, 2.75) is 39.2 Å². The molecule has 0 N–H and O–H groups in total. The van der Waals surface area contributed by atoms with Gasteiger partial charge in [0.05, 0.1) is 18.6 Å². The van der Waals surface area contributed by atoms with Gasteiger partial charge in [0.2, 0.25) is 20.0 Å². The number of hydrogen-bond acceptors (Lipinski definition) is 12. The van der Waals surface area contributed by atoms with Gasteiger partial charge in [-0.15, -0.1) is 0 Å². The number of unbranched alkanes of at least 4 members (excludes halogenated alkanes) is 1. The van der Waals surface area contributed by atoms with E-state index in [0.717, 1.165) is 95.9 Å². The molecule has 0 radical (unpaired) electrons. The van der Waals surface area contributed by atoms with Crippen molar-refractivity contribution in [3.63, 3.8) is 0 Å². The second-order valence-corrected chi connectivity index (χ2v) is 22.6. The minimum absolute atomic E-state index is 0.200. The fourth-order valence-corrected chi connectivity index (χ4v) is 11.5. The molecule has 17 heteroatoms. The van der Waals surface area contributed by atoms with Crippen LogP contribution in [0.25, 0.3) is 0 Å². The zero-order valence-electron chi connectivity index (χ0n) is 36.2. The van der Waals surface area contributed by atoms with Gasteiger partial charge in [-0.05, 0) is 94.1 Å². The van der Waals surface area contributed by atoms with Crippen molar-refractivity contribution in [3.8, 4) is 6.07 Å². The van der Waals surface area contributed by atoms with Gasteiger partial charge in [0.15, 0.2) is 0 Å². The van der Waals surface area contributed by atoms with Gasteiger partial charge in [0.1, 0.15) is 5.60 Å². The third-order valence-corrected chi connectivity index (χ3v) is 15.6. The monoisotopic (exact) mass is 867 g/mol. The molecule has 8 rings (SSSR count). The summed E-state index contributed by atoms with van der Waals surface area (Å²) < 4.78 is 55.4. The summed E-state index contributed by atoms with van der Waals surface area (Å²) in [5, 5.41) is 8.70. The number of piperazine rings is 2. The first kappa shape index (κ1) is 44.2. The Morgan fingerprint density at radius 1 is 0.600 bits per heavy atom. The average Bonchev–Trinajstić information content (AvgIpc) is 3.98. The highest BCUT2D eigenvalue weighted by Crippen LogP contribution is 2.36. The van der Waals surface area contributed by atoms with Crippen molar-refractivity contribution in [1.82, 2.24) is 18.4 Å². The second-order valence-electron chi connectivity index (χ2n) is 18.6. The van der Waals surface area contributed by atoms with Crippen LogP contribution in [0.2, 0.25) is 0 Å². The summed E-state index contributed by atoms with van der Waals surface area (Å²) in [6.45, 7) is 19.8. The van der Waals surface area contributed by atoms with Gasteiger partial charge in [-0.25, -0.2) is 21.6 Å². The predicted molar refractivity (Wildman–Crippen MR) is 238 cm³/mol. The van der Waals surface area contributed by atoms with Crippen molar-refractivity contribution < 1.29 is 26.4 Å². The van der Waals surface area contributed by atoms with E-state index in [1.165, 1.54) is 29.6 Å². The fraction of sp³-hybridized carbons (Fsp3) is 0.674. The van der Waals surface area contributed by atoms with Gasteiger partial charge in [0, 0.05) is 146 Å². The highest BCUT2D eigenvalue weighted by atomic mass is 32.2. The van der Waals surface area contributed by atoms with Crippen LogP contribution in [-0.4, -0.2) is 171 Å². The maximum absolute atomic E-state index is 12.4. The number of carbonyl (C=O) groups is 1. The Bertz CT molecular complexity index is 2010. The van der Waals surface area contributed by atoms with Gasteiger partial charge in [-0.1, -0.05) is 0 Å². The van der Waals surface area contributed by atoms with E-state index >= 15 is 0 Å². The zero-order chi connectivity index (χ0) is 42.8. The van der Waals surface area contributed by atoms with Crippen molar-refractivity contribution >= 4 is 48.9 Å². The number of sulfonamides is 2. The highest BCUT2D eigenvalue weighted by Gasteiger charge is 2.43. The minimum atomic E-state index is -3.11. The van der Waals surface area contributed by atoms with Gasteiger partial charge in [-0.2, -0.15) is 13.9 Å². The van der Waals surface area contributed by atoms with Crippen LogP contribution in [0, 0.1) is 35.0 Å². The minimum Gasteiger partial charge on any atom is -0.444 e. The maximum atomic E-state index is 12.4. The Kier molecular flexibility index (Phi) is 13.5. The number of anilines is 4.